The summed E-state index contributed by atoms with van der Waals surface area (Å²) in [4.78, 5) is 0. The number of methoxy groups -OCH3 is 2. The Morgan fingerprint density at radius 3 is 2.67 bits per heavy atom. The zero-order valence-electron chi connectivity index (χ0n) is 10.8. The Morgan fingerprint density at radius 2 is 2.06 bits per heavy atom. The number of hydrogen-bond donors (Lipinski definition) is 1. The van der Waals surface area contributed by atoms with Crippen molar-refractivity contribution in [2.24, 2.45) is 5.73 Å². The van der Waals surface area contributed by atoms with E-state index in [4.69, 9.17) is 15.2 Å². The van der Waals surface area contributed by atoms with Crippen molar-refractivity contribution in [3.8, 4) is 17.3 Å². The second-order valence-corrected chi connectivity index (χ2v) is 3.89. The van der Waals surface area contributed by atoms with E-state index in [0.717, 1.165) is 22.7 Å². The van der Waals surface area contributed by atoms with Crippen molar-refractivity contribution >= 4 is 0 Å². The van der Waals surface area contributed by atoms with Gasteiger partial charge in [0.25, 0.3) is 0 Å². The van der Waals surface area contributed by atoms with E-state index in [1.165, 1.54) is 0 Å². The van der Waals surface area contributed by atoms with Crippen LogP contribution in [0, 0.1) is 6.92 Å². The van der Waals surface area contributed by atoms with Crippen LogP contribution in [0.15, 0.2) is 24.3 Å². The minimum atomic E-state index is 0.402. The first-order chi connectivity index (χ1) is 8.71. The molecule has 0 saturated carbocycles. The summed E-state index contributed by atoms with van der Waals surface area (Å²) in [6, 6.07) is 7.63. The summed E-state index contributed by atoms with van der Waals surface area (Å²) in [6.45, 7) is 2.32. The molecule has 0 fully saturated rings. The number of hydrogen-bond acceptors (Lipinski definition) is 4. The molecule has 1 heterocycles. The van der Waals surface area contributed by atoms with Crippen LogP contribution in [0.4, 0.5) is 0 Å². The standard InChI is InChI=1S/C13H17N3O2/c1-9-12(8-14)13(18-3)16(15-9)10-5-4-6-11(7-10)17-2/h4-7H,8,14H2,1-3H3. The molecule has 5 nitrogen and oxygen atoms in total. The van der Waals surface area contributed by atoms with Gasteiger partial charge in [-0.05, 0) is 19.1 Å². The van der Waals surface area contributed by atoms with Crippen molar-refractivity contribution in [3.63, 3.8) is 0 Å². The number of nitrogens with zero attached hydrogens (tertiary/aromatic N) is 2. The van der Waals surface area contributed by atoms with Gasteiger partial charge in [0.2, 0.25) is 5.88 Å². The van der Waals surface area contributed by atoms with Crippen molar-refractivity contribution < 1.29 is 9.47 Å². The third kappa shape index (κ3) is 2.04. The molecule has 0 bridgehead atoms. The largest absolute Gasteiger partial charge is 0.497 e. The minimum Gasteiger partial charge on any atom is -0.497 e. The molecule has 0 amide bonds. The summed E-state index contributed by atoms with van der Waals surface area (Å²) in [5.41, 5.74) is 8.39. The van der Waals surface area contributed by atoms with Gasteiger partial charge in [-0.3, -0.25) is 0 Å². The second kappa shape index (κ2) is 5.10. The average Bonchev–Trinajstić information content (AvgIpc) is 2.74. The van der Waals surface area contributed by atoms with Gasteiger partial charge in [0.15, 0.2) is 0 Å². The molecule has 2 aromatic rings. The molecule has 0 unspecified atom stereocenters. The van der Waals surface area contributed by atoms with Gasteiger partial charge >= 0.3 is 0 Å². The summed E-state index contributed by atoms with van der Waals surface area (Å²) in [7, 11) is 3.25. The molecule has 18 heavy (non-hydrogen) atoms. The number of aryl methyl sites for hydroxylation is 1. The maximum absolute atomic E-state index is 5.72. The highest BCUT2D eigenvalue weighted by Crippen LogP contribution is 2.26. The first kappa shape index (κ1) is 12.4. The highest BCUT2D eigenvalue weighted by atomic mass is 16.5. The lowest BCUT2D eigenvalue weighted by atomic mass is 10.2. The Kier molecular flexibility index (Phi) is 3.53. The molecule has 0 saturated heterocycles. The van der Waals surface area contributed by atoms with Crippen molar-refractivity contribution in [1.29, 1.82) is 0 Å². The fourth-order valence-electron chi connectivity index (χ4n) is 1.90. The fraction of sp³-hybridized carbons (Fsp3) is 0.308. The molecule has 1 aromatic heterocycles. The van der Waals surface area contributed by atoms with E-state index in [9.17, 15) is 0 Å². The zero-order valence-corrected chi connectivity index (χ0v) is 10.8. The van der Waals surface area contributed by atoms with Crippen LogP contribution in [0.25, 0.3) is 5.69 Å². The molecule has 0 spiro atoms. The highest BCUT2D eigenvalue weighted by Gasteiger charge is 2.15. The average molecular weight is 247 g/mol. The van der Waals surface area contributed by atoms with E-state index in [-0.39, 0.29) is 0 Å². The molecule has 2 N–H and O–H groups in total. The van der Waals surface area contributed by atoms with Gasteiger partial charge < -0.3 is 15.2 Å². The Morgan fingerprint density at radius 1 is 1.28 bits per heavy atom. The van der Waals surface area contributed by atoms with Crippen molar-refractivity contribution in [2.75, 3.05) is 14.2 Å². The van der Waals surface area contributed by atoms with Crippen LogP contribution in [0.5, 0.6) is 11.6 Å². The summed E-state index contributed by atoms with van der Waals surface area (Å²) >= 11 is 0. The first-order valence-electron chi connectivity index (χ1n) is 5.68. The van der Waals surface area contributed by atoms with E-state index in [1.807, 2.05) is 31.2 Å². The van der Waals surface area contributed by atoms with Gasteiger partial charge in [0.05, 0.1) is 31.2 Å². The van der Waals surface area contributed by atoms with E-state index in [2.05, 4.69) is 5.10 Å². The Hall–Kier alpha value is -2.01. The predicted octanol–water partition coefficient (Wildman–Crippen LogP) is 1.66. The molecule has 1 aromatic carbocycles. The monoisotopic (exact) mass is 247 g/mol. The van der Waals surface area contributed by atoms with E-state index < -0.39 is 0 Å². The molecular weight excluding hydrogens is 230 g/mol. The lowest BCUT2D eigenvalue weighted by Gasteiger charge is -2.08. The third-order valence-electron chi connectivity index (χ3n) is 2.83. The van der Waals surface area contributed by atoms with Gasteiger partial charge in [-0.1, -0.05) is 6.07 Å². The van der Waals surface area contributed by atoms with E-state index >= 15 is 0 Å². The summed E-state index contributed by atoms with van der Waals surface area (Å²) in [6.07, 6.45) is 0. The molecule has 0 aliphatic carbocycles. The van der Waals surface area contributed by atoms with Crippen LogP contribution < -0.4 is 15.2 Å². The maximum Gasteiger partial charge on any atom is 0.221 e. The van der Waals surface area contributed by atoms with Gasteiger partial charge in [-0.25, -0.2) is 4.68 Å². The van der Waals surface area contributed by atoms with Crippen LogP contribution in [-0.2, 0) is 6.54 Å². The van der Waals surface area contributed by atoms with E-state index in [0.29, 0.717) is 12.4 Å². The number of nitrogens with two attached hydrogens (primary N) is 1. The zero-order chi connectivity index (χ0) is 13.1. The molecule has 0 aliphatic rings. The maximum atomic E-state index is 5.72. The smallest absolute Gasteiger partial charge is 0.221 e. The van der Waals surface area contributed by atoms with Crippen LogP contribution in [0.3, 0.4) is 0 Å². The highest BCUT2D eigenvalue weighted by molar-refractivity contribution is 5.44. The van der Waals surface area contributed by atoms with Crippen molar-refractivity contribution in [2.45, 2.75) is 13.5 Å². The van der Waals surface area contributed by atoms with E-state index in [1.54, 1.807) is 18.9 Å². The number of ether oxygens (including phenoxy) is 2. The van der Waals surface area contributed by atoms with Crippen molar-refractivity contribution in [3.05, 3.63) is 35.5 Å². The normalized spacial score (nSPS) is 10.4. The van der Waals surface area contributed by atoms with Gasteiger partial charge in [-0.15, -0.1) is 0 Å². The topological polar surface area (TPSA) is 62.3 Å². The molecule has 0 aliphatic heterocycles. The number of rotatable bonds is 4. The quantitative estimate of drug-likeness (QED) is 0.892. The summed E-state index contributed by atoms with van der Waals surface area (Å²) in [5.74, 6) is 1.44. The van der Waals surface area contributed by atoms with Gasteiger partial charge in [-0.2, -0.15) is 5.10 Å². The Balaban J connectivity index is 2.56. The first-order valence-corrected chi connectivity index (χ1v) is 5.68. The summed E-state index contributed by atoms with van der Waals surface area (Å²) in [5, 5.41) is 4.45. The molecule has 96 valence electrons. The van der Waals surface area contributed by atoms with Gasteiger partial charge in [0, 0.05) is 12.6 Å². The number of benzene rings is 1. The molecule has 0 atom stereocenters. The lowest BCUT2D eigenvalue weighted by Crippen LogP contribution is -2.03. The second-order valence-electron chi connectivity index (χ2n) is 3.89. The third-order valence-corrected chi connectivity index (χ3v) is 2.83. The van der Waals surface area contributed by atoms with Crippen LogP contribution in [0.1, 0.15) is 11.3 Å². The lowest BCUT2D eigenvalue weighted by molar-refractivity contribution is 0.378. The Bertz CT molecular complexity index is 549. The fourth-order valence-corrected chi connectivity index (χ4v) is 1.90. The minimum absolute atomic E-state index is 0.402. The summed E-state index contributed by atoms with van der Waals surface area (Å²) < 4.78 is 12.3. The van der Waals surface area contributed by atoms with Crippen molar-refractivity contribution in [1.82, 2.24) is 9.78 Å². The Labute approximate surface area is 106 Å². The van der Waals surface area contributed by atoms with Crippen LogP contribution in [0.2, 0.25) is 0 Å². The van der Waals surface area contributed by atoms with Crippen LogP contribution in [-0.4, -0.2) is 24.0 Å². The predicted molar refractivity (Wildman–Crippen MR) is 69.3 cm³/mol. The van der Waals surface area contributed by atoms with Crippen LogP contribution >= 0.6 is 0 Å². The molecule has 2 rings (SSSR count). The molecule has 5 heteroatoms. The molecule has 0 radical (unpaired) electrons. The SMILES string of the molecule is COc1cccc(-n2nc(C)c(CN)c2OC)c1. The number of aromatic nitrogens is 2. The van der Waals surface area contributed by atoms with Gasteiger partial charge in [0.1, 0.15) is 5.75 Å². The molecular formula is C13H17N3O2.